The van der Waals surface area contributed by atoms with Crippen molar-refractivity contribution < 1.29 is 33.4 Å². The maximum absolute atomic E-state index is 13.7. The summed E-state index contributed by atoms with van der Waals surface area (Å²) >= 11 is 0. The highest BCUT2D eigenvalue weighted by Gasteiger charge is 2.42. The Kier molecular flexibility index (Phi) is 15.0. The number of carbonyl (C=O) groups excluding carboxylic acids is 5. The number of alkyl carbamates (subject to hydrolysis) is 2. The SMILES string of the molecule is COC(=O)NC(C(=O)N1CCCC1C=Cc1ccc(CN(Cc2ccc(NC(=O)C3CCCN3C(=O)C(NC(=O)OC)C(C)(C)C)cc2)c2ccccc2)cc1)C(C)(C)C. The second kappa shape index (κ2) is 19.9. The van der Waals surface area contributed by atoms with Gasteiger partial charge in [-0.3, -0.25) is 14.4 Å². The molecule has 0 bridgehead atoms. The first-order chi connectivity index (χ1) is 28.5. The van der Waals surface area contributed by atoms with Gasteiger partial charge in [0.05, 0.1) is 20.3 Å². The number of nitrogens with one attached hydrogen (secondary N) is 3. The summed E-state index contributed by atoms with van der Waals surface area (Å²) in [6, 6.07) is 24.1. The van der Waals surface area contributed by atoms with E-state index in [1.807, 2.05) is 88.9 Å². The molecule has 13 heteroatoms. The largest absolute Gasteiger partial charge is 0.453 e. The zero-order chi connectivity index (χ0) is 43.6. The summed E-state index contributed by atoms with van der Waals surface area (Å²) in [5.74, 6) is -0.680. The van der Waals surface area contributed by atoms with Gasteiger partial charge in [0, 0.05) is 37.6 Å². The van der Waals surface area contributed by atoms with Gasteiger partial charge >= 0.3 is 12.2 Å². The van der Waals surface area contributed by atoms with E-state index in [4.69, 9.17) is 9.47 Å². The molecule has 2 heterocycles. The molecule has 4 unspecified atom stereocenters. The van der Waals surface area contributed by atoms with Gasteiger partial charge in [0.15, 0.2) is 0 Å². The Morgan fingerprint density at radius 3 is 1.73 bits per heavy atom. The van der Waals surface area contributed by atoms with Crippen molar-refractivity contribution in [1.82, 2.24) is 20.4 Å². The molecule has 4 atom stereocenters. The Bertz CT molecular complexity index is 1970. The molecule has 2 aliphatic rings. The zero-order valence-corrected chi connectivity index (χ0v) is 36.3. The van der Waals surface area contributed by atoms with Gasteiger partial charge in [0.2, 0.25) is 17.7 Å². The van der Waals surface area contributed by atoms with E-state index in [2.05, 4.69) is 69.4 Å². The minimum absolute atomic E-state index is 0.0700. The summed E-state index contributed by atoms with van der Waals surface area (Å²) in [5, 5.41) is 8.41. The molecule has 0 aliphatic carbocycles. The van der Waals surface area contributed by atoms with Crippen LogP contribution >= 0.6 is 0 Å². The van der Waals surface area contributed by atoms with E-state index in [-0.39, 0.29) is 23.8 Å². The first-order valence-electron chi connectivity index (χ1n) is 20.8. The Labute approximate surface area is 354 Å². The molecule has 2 aliphatic heterocycles. The Morgan fingerprint density at radius 1 is 0.700 bits per heavy atom. The van der Waals surface area contributed by atoms with Gasteiger partial charge in [0.1, 0.15) is 18.1 Å². The van der Waals surface area contributed by atoms with Crippen LogP contribution in [0.1, 0.15) is 83.9 Å². The number of anilines is 2. The van der Waals surface area contributed by atoms with Gasteiger partial charge in [-0.15, -0.1) is 0 Å². The Balaban J connectivity index is 1.22. The van der Waals surface area contributed by atoms with Crippen LogP contribution in [-0.2, 0) is 36.9 Å². The van der Waals surface area contributed by atoms with Crippen LogP contribution < -0.4 is 20.9 Å². The summed E-state index contributed by atoms with van der Waals surface area (Å²) in [6.45, 7) is 13.7. The van der Waals surface area contributed by atoms with Crippen molar-refractivity contribution in [2.45, 2.75) is 104 Å². The molecule has 3 aromatic carbocycles. The van der Waals surface area contributed by atoms with Crippen LogP contribution in [0.25, 0.3) is 6.08 Å². The van der Waals surface area contributed by atoms with Crippen molar-refractivity contribution in [2.75, 3.05) is 37.5 Å². The summed E-state index contributed by atoms with van der Waals surface area (Å²) < 4.78 is 9.56. The maximum Gasteiger partial charge on any atom is 0.407 e. The third-order valence-electron chi connectivity index (χ3n) is 11.1. The molecule has 5 amide bonds. The van der Waals surface area contributed by atoms with Gasteiger partial charge < -0.3 is 40.1 Å². The average Bonchev–Trinajstić information content (AvgIpc) is 3.92. The molecule has 13 nitrogen and oxygen atoms in total. The fourth-order valence-corrected chi connectivity index (χ4v) is 7.75. The summed E-state index contributed by atoms with van der Waals surface area (Å²) in [7, 11) is 2.55. The van der Waals surface area contributed by atoms with E-state index in [9.17, 15) is 24.0 Å². The monoisotopic (exact) mass is 822 g/mol. The van der Waals surface area contributed by atoms with E-state index < -0.39 is 41.1 Å². The molecular formula is C47H62N6O7. The molecule has 3 N–H and O–H groups in total. The van der Waals surface area contributed by atoms with Crippen LogP contribution in [0, 0.1) is 10.8 Å². The molecule has 0 saturated carbocycles. The van der Waals surface area contributed by atoms with Gasteiger partial charge in [-0.25, -0.2) is 9.59 Å². The number of ether oxygens (including phenoxy) is 2. The molecule has 2 fully saturated rings. The number of rotatable bonds is 13. The number of hydrogen-bond acceptors (Lipinski definition) is 8. The lowest BCUT2D eigenvalue weighted by atomic mass is 9.85. The number of benzene rings is 3. The highest BCUT2D eigenvalue weighted by Crippen LogP contribution is 2.29. The molecule has 3 aromatic rings. The van der Waals surface area contributed by atoms with E-state index in [1.54, 1.807) is 4.90 Å². The van der Waals surface area contributed by atoms with Crippen molar-refractivity contribution in [2.24, 2.45) is 10.8 Å². The fraction of sp³-hybridized carbons (Fsp3) is 0.468. The van der Waals surface area contributed by atoms with Crippen LogP contribution in [0.4, 0.5) is 21.0 Å². The molecule has 322 valence electrons. The molecular weight excluding hydrogens is 761 g/mol. The number of nitrogens with zero attached hydrogens (tertiary/aromatic N) is 3. The quantitative estimate of drug-likeness (QED) is 0.162. The third kappa shape index (κ3) is 11.9. The van der Waals surface area contributed by atoms with Crippen molar-refractivity contribution in [3.8, 4) is 0 Å². The fourth-order valence-electron chi connectivity index (χ4n) is 7.75. The standard InChI is InChI=1S/C47H62N6O7/c1-46(2,3)39(49-44(57)59-7)42(55)52-28-12-16-37(52)27-24-32-18-20-33(21-19-32)30-51(36-14-10-9-11-15-36)31-34-22-25-35(26-23-34)48-41(54)38-17-13-29-53(38)43(56)40(47(4,5)6)50-45(58)60-8/h9-11,14-15,18-27,37-40H,12-13,16-17,28-31H2,1-8H3,(H,48,54)(H,49,57)(H,50,58). The van der Waals surface area contributed by atoms with Gasteiger partial charge in [-0.05, 0) is 77.5 Å². The molecule has 5 rings (SSSR count). The predicted molar refractivity (Wildman–Crippen MR) is 234 cm³/mol. The number of likely N-dealkylation sites (tertiary alicyclic amines) is 2. The molecule has 0 aromatic heterocycles. The van der Waals surface area contributed by atoms with E-state index >= 15 is 0 Å². The van der Waals surface area contributed by atoms with Gasteiger partial charge in [-0.1, -0.05) is 108 Å². The third-order valence-corrected chi connectivity index (χ3v) is 11.1. The Hall–Kier alpha value is -5.85. The summed E-state index contributed by atoms with van der Waals surface area (Å²) in [4.78, 5) is 70.7. The van der Waals surface area contributed by atoms with Crippen LogP contribution in [0.2, 0.25) is 0 Å². The lowest BCUT2D eigenvalue weighted by molar-refractivity contribution is -0.140. The highest BCUT2D eigenvalue weighted by atomic mass is 16.5. The van der Waals surface area contributed by atoms with Crippen LogP contribution in [0.15, 0.2) is 84.9 Å². The van der Waals surface area contributed by atoms with E-state index in [1.165, 1.54) is 14.2 Å². The lowest BCUT2D eigenvalue weighted by Crippen LogP contribution is -2.57. The first-order valence-corrected chi connectivity index (χ1v) is 20.8. The van der Waals surface area contributed by atoms with E-state index in [0.29, 0.717) is 44.7 Å². The number of para-hydroxylation sites is 1. The first kappa shape index (κ1) is 45.2. The second-order valence-corrected chi connectivity index (χ2v) is 17.8. The van der Waals surface area contributed by atoms with Crippen molar-refractivity contribution in [1.29, 1.82) is 0 Å². The molecule has 2 saturated heterocycles. The predicted octanol–water partition coefficient (Wildman–Crippen LogP) is 7.37. The minimum atomic E-state index is -0.849. The summed E-state index contributed by atoms with van der Waals surface area (Å²) in [5.41, 5.74) is 3.84. The number of amides is 5. The van der Waals surface area contributed by atoms with Crippen molar-refractivity contribution in [3.05, 3.63) is 102 Å². The maximum atomic E-state index is 13.7. The topological polar surface area (TPSA) is 150 Å². The van der Waals surface area contributed by atoms with Crippen molar-refractivity contribution in [3.63, 3.8) is 0 Å². The zero-order valence-electron chi connectivity index (χ0n) is 36.3. The van der Waals surface area contributed by atoms with E-state index in [0.717, 1.165) is 35.2 Å². The van der Waals surface area contributed by atoms with Gasteiger partial charge in [0.25, 0.3) is 0 Å². The minimum Gasteiger partial charge on any atom is -0.453 e. The molecule has 0 spiro atoms. The van der Waals surface area contributed by atoms with Gasteiger partial charge in [-0.2, -0.15) is 0 Å². The average molecular weight is 823 g/mol. The Morgan fingerprint density at radius 2 is 1.20 bits per heavy atom. The summed E-state index contributed by atoms with van der Waals surface area (Å²) in [6.07, 6.45) is 5.78. The van der Waals surface area contributed by atoms with Crippen LogP contribution in [0.5, 0.6) is 0 Å². The van der Waals surface area contributed by atoms with Crippen LogP contribution in [0.3, 0.4) is 0 Å². The number of carbonyl (C=O) groups is 5. The number of hydrogen-bond donors (Lipinski definition) is 3. The molecule has 60 heavy (non-hydrogen) atoms. The lowest BCUT2D eigenvalue weighted by Gasteiger charge is -2.35. The normalized spacial score (nSPS) is 17.8. The highest BCUT2D eigenvalue weighted by molar-refractivity contribution is 5.99. The van der Waals surface area contributed by atoms with Crippen molar-refractivity contribution >= 4 is 47.4 Å². The molecule has 0 radical (unpaired) electrons. The second-order valence-electron chi connectivity index (χ2n) is 17.8. The number of methoxy groups -OCH3 is 2. The smallest absolute Gasteiger partial charge is 0.407 e. The van der Waals surface area contributed by atoms with Crippen LogP contribution in [-0.4, -0.2) is 91.2 Å².